The molecule has 0 saturated heterocycles. The summed E-state index contributed by atoms with van der Waals surface area (Å²) in [4.78, 5) is 18.7. The van der Waals surface area contributed by atoms with Crippen LogP contribution in [0.2, 0.25) is 0 Å². The predicted molar refractivity (Wildman–Crippen MR) is 57.7 cm³/mol. The zero-order chi connectivity index (χ0) is 12.4. The average Bonchev–Trinajstić information content (AvgIpc) is 2.24. The number of hydrogen-bond donors (Lipinski definition) is 4. The lowest BCUT2D eigenvalue weighted by Crippen LogP contribution is -2.79. The third-order valence-electron chi connectivity index (χ3n) is 1.88. The largest absolute Gasteiger partial charge is 0.462 e. The maximum absolute atomic E-state index is 11.2. The second kappa shape index (κ2) is 8.93. The Balaban J connectivity index is 3.65. The van der Waals surface area contributed by atoms with E-state index in [0.29, 0.717) is 25.5 Å². The molecule has 0 aromatic rings. The molecule has 0 bridgehead atoms. The number of guanidine groups is 1. The summed E-state index contributed by atoms with van der Waals surface area (Å²) in [6, 6.07) is -0.321. The van der Waals surface area contributed by atoms with E-state index in [1.165, 1.54) is 7.11 Å². The molecule has 1 atom stereocenters. The van der Waals surface area contributed by atoms with Crippen LogP contribution < -0.4 is 21.9 Å². The van der Waals surface area contributed by atoms with E-state index < -0.39 is 0 Å². The minimum Gasteiger partial charge on any atom is -0.462 e. The Morgan fingerprint density at radius 3 is 2.88 bits per heavy atom. The number of ether oxygens (including phenoxy) is 1. The summed E-state index contributed by atoms with van der Waals surface area (Å²) in [5.74, 6) is 0.0914. The van der Waals surface area contributed by atoms with E-state index >= 15 is 0 Å². The first kappa shape index (κ1) is 14.7. The Hall–Kier alpha value is -1.34. The SMILES string of the molecule is CCOC(=O)[C@@H]([NH3+])CCC[NH+]=C(N)NOC. The van der Waals surface area contributed by atoms with Gasteiger partial charge in [0.2, 0.25) is 0 Å². The van der Waals surface area contributed by atoms with Crippen LogP contribution in [0.15, 0.2) is 0 Å². The van der Waals surface area contributed by atoms with Gasteiger partial charge in [-0.3, -0.25) is 10.7 Å². The number of quaternary nitrogens is 1. The summed E-state index contributed by atoms with van der Waals surface area (Å²) in [7, 11) is 1.47. The topological polar surface area (TPSA) is 115 Å². The highest BCUT2D eigenvalue weighted by molar-refractivity contribution is 5.73. The minimum atomic E-state index is -0.321. The number of carbonyl (C=O) groups excluding carboxylic acids is 1. The van der Waals surface area contributed by atoms with Gasteiger partial charge < -0.3 is 10.5 Å². The first-order valence-corrected chi connectivity index (χ1v) is 5.26. The fourth-order valence-corrected chi connectivity index (χ4v) is 1.10. The molecule has 94 valence electrons. The number of rotatable bonds is 7. The van der Waals surface area contributed by atoms with E-state index in [-0.39, 0.29) is 12.0 Å². The molecule has 0 aromatic carbocycles. The van der Waals surface area contributed by atoms with Crippen LogP contribution in [0.4, 0.5) is 0 Å². The molecule has 0 radical (unpaired) electrons. The molecule has 0 heterocycles. The molecule has 7 N–H and O–H groups in total. The summed E-state index contributed by atoms with van der Waals surface area (Å²) in [6.07, 6.45) is 1.44. The molecular weight excluding hydrogens is 212 g/mol. The van der Waals surface area contributed by atoms with Crippen molar-refractivity contribution in [2.45, 2.75) is 25.8 Å². The highest BCUT2D eigenvalue weighted by Crippen LogP contribution is 1.92. The molecule has 0 aromatic heterocycles. The number of esters is 1. The molecule has 7 nitrogen and oxygen atoms in total. The summed E-state index contributed by atoms with van der Waals surface area (Å²) < 4.78 is 4.84. The summed E-state index contributed by atoms with van der Waals surface area (Å²) in [6.45, 7) is 2.81. The molecule has 0 fully saturated rings. The van der Waals surface area contributed by atoms with E-state index in [1.807, 2.05) is 0 Å². The monoisotopic (exact) mass is 234 g/mol. The van der Waals surface area contributed by atoms with Crippen molar-refractivity contribution in [1.82, 2.24) is 5.48 Å². The Morgan fingerprint density at radius 2 is 2.31 bits per heavy atom. The Bertz CT molecular complexity index is 233. The van der Waals surface area contributed by atoms with Gasteiger partial charge in [-0.05, 0) is 13.3 Å². The second-order valence-corrected chi connectivity index (χ2v) is 3.24. The van der Waals surface area contributed by atoms with Crippen LogP contribution in [0.1, 0.15) is 19.8 Å². The van der Waals surface area contributed by atoms with E-state index in [4.69, 9.17) is 10.5 Å². The maximum Gasteiger partial charge on any atom is 0.369 e. The van der Waals surface area contributed by atoms with Crippen molar-refractivity contribution in [1.29, 1.82) is 0 Å². The van der Waals surface area contributed by atoms with Gasteiger partial charge in [-0.15, -0.1) is 5.48 Å². The number of nitrogens with one attached hydrogen (secondary N) is 2. The molecule has 7 heteroatoms. The minimum absolute atomic E-state index is 0.255. The van der Waals surface area contributed by atoms with Crippen molar-refractivity contribution in [3.63, 3.8) is 0 Å². The first-order chi connectivity index (χ1) is 7.61. The average molecular weight is 234 g/mol. The molecule has 16 heavy (non-hydrogen) atoms. The van der Waals surface area contributed by atoms with Gasteiger partial charge in [-0.1, -0.05) is 0 Å². The zero-order valence-electron chi connectivity index (χ0n) is 9.91. The van der Waals surface area contributed by atoms with Gasteiger partial charge in [-0.2, -0.15) is 0 Å². The molecule has 0 unspecified atom stereocenters. The normalized spacial score (nSPS) is 13.3. The van der Waals surface area contributed by atoms with Crippen molar-refractivity contribution in [2.75, 3.05) is 20.3 Å². The zero-order valence-corrected chi connectivity index (χ0v) is 9.91. The Morgan fingerprint density at radius 1 is 1.62 bits per heavy atom. The molecule has 0 aliphatic heterocycles. The number of carbonyl (C=O) groups is 1. The molecule has 0 aliphatic carbocycles. The summed E-state index contributed by atoms with van der Waals surface area (Å²) >= 11 is 0. The van der Waals surface area contributed by atoms with Gasteiger partial charge in [0.25, 0.3) is 0 Å². The Labute approximate surface area is 95.1 Å². The van der Waals surface area contributed by atoms with Gasteiger partial charge in [0.05, 0.1) is 20.3 Å². The van der Waals surface area contributed by atoms with Gasteiger partial charge in [-0.25, -0.2) is 9.63 Å². The lowest BCUT2D eigenvalue weighted by Gasteiger charge is -2.05. The van der Waals surface area contributed by atoms with Crippen molar-refractivity contribution in [3.05, 3.63) is 0 Å². The van der Waals surface area contributed by atoms with Gasteiger partial charge >= 0.3 is 11.9 Å². The van der Waals surface area contributed by atoms with Crippen LogP contribution in [0.25, 0.3) is 0 Å². The lowest BCUT2D eigenvalue weighted by molar-refractivity contribution is -0.467. The van der Waals surface area contributed by atoms with Crippen molar-refractivity contribution in [2.24, 2.45) is 5.73 Å². The smallest absolute Gasteiger partial charge is 0.369 e. The molecular formula is C9H22N4O3+2. The molecule has 0 rings (SSSR count). The number of nitrogens with two attached hydrogens (primary N) is 1. The highest BCUT2D eigenvalue weighted by atomic mass is 16.6. The Kier molecular flexibility index (Phi) is 8.18. The van der Waals surface area contributed by atoms with Crippen molar-refractivity contribution >= 4 is 11.9 Å². The number of hydrogen-bond acceptors (Lipinski definition) is 3. The fraction of sp³-hybridized carbons (Fsp3) is 0.778. The third-order valence-corrected chi connectivity index (χ3v) is 1.88. The number of hydroxylamine groups is 1. The fourth-order valence-electron chi connectivity index (χ4n) is 1.10. The third kappa shape index (κ3) is 7.02. The van der Waals surface area contributed by atoms with Gasteiger partial charge in [0.15, 0.2) is 6.04 Å². The van der Waals surface area contributed by atoms with Crippen LogP contribution in [-0.4, -0.2) is 38.2 Å². The van der Waals surface area contributed by atoms with E-state index in [0.717, 1.165) is 6.42 Å². The van der Waals surface area contributed by atoms with E-state index in [1.54, 1.807) is 6.92 Å². The van der Waals surface area contributed by atoms with Crippen LogP contribution in [0.3, 0.4) is 0 Å². The van der Waals surface area contributed by atoms with Crippen LogP contribution in [0.5, 0.6) is 0 Å². The van der Waals surface area contributed by atoms with Crippen molar-refractivity contribution in [3.8, 4) is 0 Å². The first-order valence-electron chi connectivity index (χ1n) is 5.26. The quantitative estimate of drug-likeness (QED) is 0.120. The van der Waals surface area contributed by atoms with Crippen LogP contribution in [-0.2, 0) is 14.4 Å². The van der Waals surface area contributed by atoms with E-state index in [9.17, 15) is 4.79 Å². The maximum atomic E-state index is 11.2. The molecule has 0 spiro atoms. The van der Waals surface area contributed by atoms with E-state index in [2.05, 4.69) is 21.0 Å². The van der Waals surface area contributed by atoms with Crippen LogP contribution in [0, 0.1) is 0 Å². The standard InChI is InChI=1S/C9H20N4O3/c1-3-16-8(14)7(10)5-4-6-12-9(11)13-15-2/h7H,3-6,10H2,1-2H3,(H3,11,12,13)/p+2/t7-/m0/s1. The van der Waals surface area contributed by atoms with Gasteiger partial charge in [0.1, 0.15) is 0 Å². The second-order valence-electron chi connectivity index (χ2n) is 3.24. The van der Waals surface area contributed by atoms with Crippen molar-refractivity contribution < 1.29 is 25.1 Å². The van der Waals surface area contributed by atoms with Gasteiger partial charge in [0, 0.05) is 6.42 Å². The molecule has 0 amide bonds. The van der Waals surface area contributed by atoms with Crippen LogP contribution >= 0.6 is 0 Å². The molecule has 0 aliphatic rings. The summed E-state index contributed by atoms with van der Waals surface area (Å²) in [5.41, 5.74) is 11.7. The lowest BCUT2D eigenvalue weighted by atomic mass is 10.2. The summed E-state index contributed by atoms with van der Waals surface area (Å²) in [5, 5.41) is 0. The molecule has 0 saturated carbocycles. The predicted octanol–water partition coefficient (Wildman–Crippen LogP) is -3.51. The highest BCUT2D eigenvalue weighted by Gasteiger charge is 2.17.